The lowest BCUT2D eigenvalue weighted by Gasteiger charge is -2.11. The van der Waals surface area contributed by atoms with Crippen LogP contribution in [0.2, 0.25) is 0 Å². The normalized spacial score (nSPS) is 11.5. The topological polar surface area (TPSA) is 54.2 Å². The summed E-state index contributed by atoms with van der Waals surface area (Å²) in [5, 5.41) is 10.8. The van der Waals surface area contributed by atoms with Crippen molar-refractivity contribution in [1.29, 1.82) is 0 Å². The zero-order chi connectivity index (χ0) is 16.3. The Bertz CT molecular complexity index is 594. The molecule has 1 heterocycles. The SMILES string of the molecule is CCNC(=NCc1ccnn1C)NCCCSc1ccccc1. The standard InChI is InChI=1S/C17H25N5S/c1-3-18-17(20-14-15-10-12-21-22(15)2)19-11-7-13-23-16-8-5-4-6-9-16/h4-6,8-10,12H,3,7,11,13-14H2,1-2H3,(H2,18,19,20). The van der Waals surface area contributed by atoms with Gasteiger partial charge in [-0.05, 0) is 37.3 Å². The maximum atomic E-state index is 4.60. The number of nitrogens with zero attached hydrogens (tertiary/aromatic N) is 3. The maximum absolute atomic E-state index is 4.60. The van der Waals surface area contributed by atoms with Gasteiger partial charge in [0.1, 0.15) is 0 Å². The first-order valence-electron chi connectivity index (χ1n) is 7.96. The van der Waals surface area contributed by atoms with Gasteiger partial charge in [-0.2, -0.15) is 5.10 Å². The molecular weight excluding hydrogens is 306 g/mol. The average Bonchev–Trinajstić information content (AvgIpc) is 2.98. The van der Waals surface area contributed by atoms with Crippen LogP contribution in [-0.4, -0.2) is 34.6 Å². The van der Waals surface area contributed by atoms with Crippen LogP contribution in [0.5, 0.6) is 0 Å². The third-order valence-electron chi connectivity index (χ3n) is 3.29. The van der Waals surface area contributed by atoms with Gasteiger partial charge in [-0.1, -0.05) is 18.2 Å². The van der Waals surface area contributed by atoms with Gasteiger partial charge in [0.05, 0.1) is 12.2 Å². The van der Waals surface area contributed by atoms with Crippen LogP contribution in [0.15, 0.2) is 52.5 Å². The smallest absolute Gasteiger partial charge is 0.191 e. The minimum Gasteiger partial charge on any atom is -0.357 e. The quantitative estimate of drug-likeness (QED) is 0.338. The number of aliphatic imine (C=N–C) groups is 1. The molecule has 0 atom stereocenters. The number of rotatable bonds is 8. The van der Waals surface area contributed by atoms with E-state index in [0.29, 0.717) is 6.54 Å². The van der Waals surface area contributed by atoms with Crippen molar-refractivity contribution >= 4 is 17.7 Å². The molecule has 0 saturated heterocycles. The number of aromatic nitrogens is 2. The van der Waals surface area contributed by atoms with E-state index in [1.165, 1.54) is 4.90 Å². The Hall–Kier alpha value is -1.95. The summed E-state index contributed by atoms with van der Waals surface area (Å²) >= 11 is 1.89. The molecule has 0 fully saturated rings. The average molecular weight is 331 g/mol. The highest BCUT2D eigenvalue weighted by molar-refractivity contribution is 7.99. The van der Waals surface area contributed by atoms with E-state index in [1.54, 1.807) is 6.20 Å². The second-order valence-corrected chi connectivity index (χ2v) is 6.25. The molecule has 5 nitrogen and oxygen atoms in total. The van der Waals surface area contributed by atoms with Gasteiger partial charge in [0.25, 0.3) is 0 Å². The van der Waals surface area contributed by atoms with Crippen molar-refractivity contribution in [1.82, 2.24) is 20.4 Å². The van der Waals surface area contributed by atoms with E-state index in [9.17, 15) is 0 Å². The Labute approximate surface area is 142 Å². The van der Waals surface area contributed by atoms with Gasteiger partial charge in [0, 0.05) is 31.2 Å². The van der Waals surface area contributed by atoms with E-state index >= 15 is 0 Å². The van der Waals surface area contributed by atoms with Crippen molar-refractivity contribution < 1.29 is 0 Å². The number of nitrogens with one attached hydrogen (secondary N) is 2. The molecule has 2 aromatic rings. The molecule has 2 rings (SSSR count). The summed E-state index contributed by atoms with van der Waals surface area (Å²) in [6, 6.07) is 12.5. The zero-order valence-electron chi connectivity index (χ0n) is 13.8. The molecule has 0 amide bonds. The molecular formula is C17H25N5S. The third kappa shape index (κ3) is 6.36. The van der Waals surface area contributed by atoms with Gasteiger partial charge < -0.3 is 10.6 Å². The lowest BCUT2D eigenvalue weighted by atomic mass is 10.4. The first kappa shape index (κ1) is 17.4. The van der Waals surface area contributed by atoms with Gasteiger partial charge >= 0.3 is 0 Å². The molecule has 2 N–H and O–H groups in total. The third-order valence-corrected chi connectivity index (χ3v) is 4.39. The Morgan fingerprint density at radius 3 is 2.74 bits per heavy atom. The van der Waals surface area contributed by atoms with Crippen LogP contribution in [0, 0.1) is 0 Å². The fourth-order valence-electron chi connectivity index (χ4n) is 2.04. The Balaban J connectivity index is 1.70. The van der Waals surface area contributed by atoms with E-state index in [2.05, 4.69) is 51.9 Å². The van der Waals surface area contributed by atoms with Crippen molar-refractivity contribution in [2.75, 3.05) is 18.8 Å². The zero-order valence-corrected chi connectivity index (χ0v) is 14.6. The highest BCUT2D eigenvalue weighted by atomic mass is 32.2. The number of guanidine groups is 1. The van der Waals surface area contributed by atoms with Crippen LogP contribution in [-0.2, 0) is 13.6 Å². The second kappa shape index (κ2) is 9.94. The summed E-state index contributed by atoms with van der Waals surface area (Å²) in [4.78, 5) is 5.92. The molecule has 0 radical (unpaired) electrons. The van der Waals surface area contributed by atoms with E-state index < -0.39 is 0 Å². The Kier molecular flexibility index (Phi) is 7.52. The summed E-state index contributed by atoms with van der Waals surface area (Å²) in [6.45, 7) is 4.48. The van der Waals surface area contributed by atoms with Crippen molar-refractivity contribution in [3.8, 4) is 0 Å². The lowest BCUT2D eigenvalue weighted by molar-refractivity contribution is 0.706. The van der Waals surface area contributed by atoms with Gasteiger partial charge in [-0.25, -0.2) is 4.99 Å². The number of hydrogen-bond donors (Lipinski definition) is 2. The van der Waals surface area contributed by atoms with Crippen molar-refractivity contribution in [2.24, 2.45) is 12.0 Å². The molecule has 1 aromatic heterocycles. The Morgan fingerprint density at radius 1 is 1.22 bits per heavy atom. The first-order chi connectivity index (χ1) is 11.3. The van der Waals surface area contributed by atoms with Crippen LogP contribution in [0.25, 0.3) is 0 Å². The second-order valence-electron chi connectivity index (χ2n) is 5.08. The predicted molar refractivity (Wildman–Crippen MR) is 97.8 cm³/mol. The molecule has 1 aromatic carbocycles. The molecule has 124 valence electrons. The van der Waals surface area contributed by atoms with Gasteiger partial charge in [-0.15, -0.1) is 11.8 Å². The minimum absolute atomic E-state index is 0.630. The van der Waals surface area contributed by atoms with Crippen LogP contribution < -0.4 is 10.6 Å². The van der Waals surface area contributed by atoms with Crippen LogP contribution >= 0.6 is 11.8 Å². The summed E-state index contributed by atoms with van der Waals surface area (Å²) < 4.78 is 1.85. The fourth-order valence-corrected chi connectivity index (χ4v) is 2.92. The molecule has 0 saturated carbocycles. The van der Waals surface area contributed by atoms with Gasteiger partial charge in [-0.3, -0.25) is 4.68 Å². The lowest BCUT2D eigenvalue weighted by Crippen LogP contribution is -2.37. The number of hydrogen-bond acceptors (Lipinski definition) is 3. The summed E-state index contributed by atoms with van der Waals surface area (Å²) in [7, 11) is 1.94. The van der Waals surface area contributed by atoms with Crippen LogP contribution in [0.1, 0.15) is 19.0 Å². The Morgan fingerprint density at radius 2 is 2.04 bits per heavy atom. The van der Waals surface area contributed by atoms with E-state index in [0.717, 1.165) is 36.9 Å². The van der Waals surface area contributed by atoms with E-state index in [1.807, 2.05) is 35.6 Å². The number of aryl methyl sites for hydroxylation is 1. The predicted octanol–water partition coefficient (Wildman–Crippen LogP) is 2.66. The molecule has 23 heavy (non-hydrogen) atoms. The largest absolute Gasteiger partial charge is 0.357 e. The van der Waals surface area contributed by atoms with Gasteiger partial charge in [0.2, 0.25) is 0 Å². The summed E-state index contributed by atoms with van der Waals surface area (Å²) in [5.74, 6) is 1.96. The minimum atomic E-state index is 0.630. The highest BCUT2D eigenvalue weighted by Gasteiger charge is 2.00. The van der Waals surface area contributed by atoms with Crippen LogP contribution in [0.4, 0.5) is 0 Å². The van der Waals surface area contributed by atoms with E-state index in [-0.39, 0.29) is 0 Å². The number of thioether (sulfide) groups is 1. The molecule has 0 aliphatic heterocycles. The molecule has 0 aliphatic rings. The summed E-state index contributed by atoms with van der Waals surface area (Å²) in [6.07, 6.45) is 2.89. The van der Waals surface area contributed by atoms with Crippen molar-refractivity contribution in [2.45, 2.75) is 24.8 Å². The fraction of sp³-hybridized carbons (Fsp3) is 0.412. The summed E-state index contributed by atoms with van der Waals surface area (Å²) in [5.41, 5.74) is 1.10. The van der Waals surface area contributed by atoms with E-state index in [4.69, 9.17) is 0 Å². The molecule has 0 bridgehead atoms. The highest BCUT2D eigenvalue weighted by Crippen LogP contribution is 2.17. The number of benzene rings is 1. The van der Waals surface area contributed by atoms with Gasteiger partial charge in [0.15, 0.2) is 5.96 Å². The monoisotopic (exact) mass is 331 g/mol. The van der Waals surface area contributed by atoms with Crippen LogP contribution in [0.3, 0.4) is 0 Å². The van der Waals surface area contributed by atoms with Crippen molar-refractivity contribution in [3.05, 3.63) is 48.3 Å². The maximum Gasteiger partial charge on any atom is 0.191 e. The molecule has 0 spiro atoms. The first-order valence-corrected chi connectivity index (χ1v) is 8.95. The molecule has 0 unspecified atom stereocenters. The molecule has 6 heteroatoms. The molecule has 0 aliphatic carbocycles. The van der Waals surface area contributed by atoms with Crippen molar-refractivity contribution in [3.63, 3.8) is 0 Å².